The Balaban J connectivity index is 0.000000149. The van der Waals surface area contributed by atoms with Gasteiger partial charge >= 0.3 is 0 Å². The average Bonchev–Trinajstić information content (AvgIpc) is 4.08. The molecule has 13 nitrogen and oxygen atoms in total. The molecule has 2 aliphatic rings. The highest BCUT2D eigenvalue weighted by Crippen LogP contribution is 2.38. The number of benzene rings is 5. The first-order valence-corrected chi connectivity index (χ1v) is 19.5. The van der Waals surface area contributed by atoms with Gasteiger partial charge in [-0.05, 0) is 84.9 Å². The second-order valence-electron chi connectivity index (χ2n) is 14.4. The molecule has 0 fully saturated rings. The van der Waals surface area contributed by atoms with E-state index in [4.69, 9.17) is 20.9 Å². The van der Waals surface area contributed by atoms with Gasteiger partial charge in [-0.25, -0.2) is 19.9 Å². The summed E-state index contributed by atoms with van der Waals surface area (Å²) in [7, 11) is 0. The van der Waals surface area contributed by atoms with E-state index in [9.17, 15) is 4.79 Å². The lowest BCUT2D eigenvalue weighted by Crippen LogP contribution is -2.26. The minimum Gasteiger partial charge on any atom is -0.457 e. The lowest BCUT2D eigenvalue weighted by molar-refractivity contribution is 0.0750. The Morgan fingerprint density at radius 3 is 1.52 bits per heavy atom. The zero-order chi connectivity index (χ0) is 40.6. The standard InChI is InChI=1S/C27H21N5O2.C20H17N5O/c28-26-25-24(29-17-30-26)22-15-31(27(33)18-7-3-1-4-8-18)16-23(22)32(25)19-11-13-21(14-12-19)34-20-9-5-2-6-10-20;21-20-19-18(23-12-24-20)16-10-22-11-17(16)25(19)13-6-8-15(9-7-13)26-14-4-2-1-3-5-14/h1-14,17H,15-16H2,(H2,28,29,30);1-9,12,22H,10-11H2,(H2,21,23,24). The maximum Gasteiger partial charge on any atom is 0.254 e. The van der Waals surface area contributed by atoms with Crippen LogP contribution in [0.15, 0.2) is 152 Å². The van der Waals surface area contributed by atoms with E-state index in [1.165, 1.54) is 23.9 Å². The number of hydrogen-bond donors (Lipinski definition) is 3. The number of nitrogens with two attached hydrogens (primary N) is 2. The molecule has 6 heterocycles. The van der Waals surface area contributed by atoms with E-state index >= 15 is 0 Å². The normalized spacial score (nSPS) is 12.8. The molecule has 294 valence electrons. The van der Waals surface area contributed by atoms with Gasteiger partial charge in [0.15, 0.2) is 11.6 Å². The van der Waals surface area contributed by atoms with Crippen molar-refractivity contribution in [2.75, 3.05) is 11.5 Å². The highest BCUT2D eigenvalue weighted by atomic mass is 16.5. The average molecular weight is 791 g/mol. The molecule has 0 radical (unpaired) electrons. The van der Waals surface area contributed by atoms with Crippen molar-refractivity contribution >= 4 is 39.6 Å². The number of amides is 1. The zero-order valence-corrected chi connectivity index (χ0v) is 32.3. The van der Waals surface area contributed by atoms with Crippen LogP contribution in [-0.2, 0) is 26.2 Å². The molecule has 11 rings (SSSR count). The fraction of sp³-hybridized carbons (Fsp3) is 0.0851. The smallest absolute Gasteiger partial charge is 0.254 e. The first-order chi connectivity index (χ1) is 29.5. The SMILES string of the molecule is Nc1ncnc2c3c(n(-c4ccc(Oc5ccccc5)cc4)c12)CN(C(=O)c1ccccc1)C3.Nc1ncnc2c3c(n(-c4ccc(Oc5ccccc5)cc4)c12)CNC3. The minimum atomic E-state index is -0.00913. The molecule has 0 aliphatic carbocycles. The van der Waals surface area contributed by atoms with Gasteiger partial charge in [-0.3, -0.25) is 4.79 Å². The van der Waals surface area contributed by atoms with Crippen molar-refractivity contribution in [3.63, 3.8) is 0 Å². The van der Waals surface area contributed by atoms with E-state index in [-0.39, 0.29) is 5.91 Å². The third-order valence-corrected chi connectivity index (χ3v) is 10.7. The maximum absolute atomic E-state index is 13.1. The zero-order valence-electron chi connectivity index (χ0n) is 32.3. The lowest BCUT2D eigenvalue weighted by Gasteiger charge is -2.18. The van der Waals surface area contributed by atoms with E-state index in [1.54, 1.807) is 0 Å². The second kappa shape index (κ2) is 15.4. The molecule has 5 N–H and O–H groups in total. The molecular weight excluding hydrogens is 753 g/mol. The van der Waals surface area contributed by atoms with Gasteiger partial charge < -0.3 is 40.3 Å². The summed E-state index contributed by atoms with van der Waals surface area (Å²) in [5.74, 6) is 4.00. The lowest BCUT2D eigenvalue weighted by atomic mass is 10.2. The number of nitrogen functional groups attached to an aromatic ring is 2. The van der Waals surface area contributed by atoms with Crippen molar-refractivity contribution in [3.8, 4) is 34.4 Å². The topological polar surface area (TPSA) is 164 Å². The van der Waals surface area contributed by atoms with Crippen LogP contribution in [0.3, 0.4) is 0 Å². The second-order valence-corrected chi connectivity index (χ2v) is 14.4. The Morgan fingerprint density at radius 1 is 0.517 bits per heavy atom. The quantitative estimate of drug-likeness (QED) is 0.143. The number of anilines is 2. The van der Waals surface area contributed by atoms with E-state index in [1.807, 2.05) is 144 Å². The summed E-state index contributed by atoms with van der Waals surface area (Å²) in [4.78, 5) is 32.3. The number of aromatic nitrogens is 6. The Kier molecular flexibility index (Phi) is 9.31. The summed E-state index contributed by atoms with van der Waals surface area (Å²) in [6.45, 7) is 2.51. The van der Waals surface area contributed by atoms with E-state index in [0.29, 0.717) is 30.3 Å². The van der Waals surface area contributed by atoms with Crippen molar-refractivity contribution < 1.29 is 14.3 Å². The summed E-state index contributed by atoms with van der Waals surface area (Å²) < 4.78 is 16.0. The number of hydrogen-bond acceptors (Lipinski definition) is 10. The molecule has 0 unspecified atom stereocenters. The van der Waals surface area contributed by atoms with Gasteiger partial charge in [-0.1, -0.05) is 54.6 Å². The molecule has 0 bridgehead atoms. The maximum atomic E-state index is 13.1. The third kappa shape index (κ3) is 6.68. The van der Waals surface area contributed by atoms with Crippen LogP contribution in [0.1, 0.15) is 32.9 Å². The first kappa shape index (κ1) is 36.3. The van der Waals surface area contributed by atoms with E-state index in [2.05, 4.69) is 34.4 Å². The molecule has 4 aromatic heterocycles. The first-order valence-electron chi connectivity index (χ1n) is 19.5. The Bertz CT molecular complexity index is 2990. The van der Waals surface area contributed by atoms with Crippen LogP contribution in [0.2, 0.25) is 0 Å². The van der Waals surface area contributed by atoms with Gasteiger partial charge in [0, 0.05) is 46.8 Å². The summed E-state index contributed by atoms with van der Waals surface area (Å²) in [6.07, 6.45) is 3.00. The third-order valence-electron chi connectivity index (χ3n) is 10.7. The Hall–Kier alpha value is -8.03. The van der Waals surface area contributed by atoms with E-state index < -0.39 is 0 Å². The van der Waals surface area contributed by atoms with Crippen molar-refractivity contribution in [3.05, 3.63) is 180 Å². The molecule has 9 aromatic rings. The number of nitrogens with one attached hydrogen (secondary N) is 1. The van der Waals surface area contributed by atoms with Crippen molar-refractivity contribution in [1.82, 2.24) is 39.3 Å². The summed E-state index contributed by atoms with van der Waals surface area (Å²) >= 11 is 0. The predicted octanol–water partition coefficient (Wildman–Crippen LogP) is 8.35. The van der Waals surface area contributed by atoms with Crippen LogP contribution in [-0.4, -0.2) is 39.9 Å². The Morgan fingerprint density at radius 2 is 0.983 bits per heavy atom. The number of nitrogens with zero attached hydrogens (tertiary/aromatic N) is 7. The predicted molar refractivity (Wildman–Crippen MR) is 230 cm³/mol. The van der Waals surface area contributed by atoms with Crippen molar-refractivity contribution in [2.45, 2.75) is 26.2 Å². The van der Waals surface area contributed by atoms with Crippen LogP contribution in [0.5, 0.6) is 23.0 Å². The molecule has 60 heavy (non-hydrogen) atoms. The van der Waals surface area contributed by atoms with Crippen LogP contribution in [0.25, 0.3) is 33.4 Å². The highest BCUT2D eigenvalue weighted by Gasteiger charge is 2.32. The van der Waals surface area contributed by atoms with Gasteiger partial charge in [0.1, 0.15) is 46.7 Å². The van der Waals surface area contributed by atoms with Gasteiger partial charge in [0.05, 0.1) is 29.8 Å². The summed E-state index contributed by atoms with van der Waals surface area (Å²) in [6, 6.07) is 44.5. The number of fused-ring (bicyclic) bond motifs is 6. The van der Waals surface area contributed by atoms with Crippen LogP contribution in [0.4, 0.5) is 11.6 Å². The molecular formula is C47H38N10O3. The number of ether oxygens (including phenoxy) is 2. The monoisotopic (exact) mass is 790 g/mol. The summed E-state index contributed by atoms with van der Waals surface area (Å²) in [5, 5.41) is 3.39. The molecule has 0 saturated carbocycles. The molecule has 0 saturated heterocycles. The number of carbonyl (C=O) groups excluding carboxylic acids is 1. The highest BCUT2D eigenvalue weighted by molar-refractivity contribution is 5.97. The van der Waals surface area contributed by atoms with Crippen LogP contribution in [0, 0.1) is 0 Å². The number of carbonyl (C=O) groups is 1. The molecule has 5 aromatic carbocycles. The molecule has 13 heteroatoms. The molecule has 0 spiro atoms. The number of rotatable bonds is 7. The Labute approximate surface area is 344 Å². The van der Waals surface area contributed by atoms with Crippen LogP contribution >= 0.6 is 0 Å². The van der Waals surface area contributed by atoms with Gasteiger partial charge in [0.25, 0.3) is 5.91 Å². The van der Waals surface area contributed by atoms with Crippen LogP contribution < -0.4 is 26.3 Å². The minimum absolute atomic E-state index is 0.00913. The molecule has 2 aliphatic heterocycles. The molecule has 1 amide bonds. The summed E-state index contributed by atoms with van der Waals surface area (Å²) in [5.41, 5.74) is 22.7. The fourth-order valence-electron chi connectivity index (χ4n) is 7.97. The fourth-order valence-corrected chi connectivity index (χ4v) is 7.97. The van der Waals surface area contributed by atoms with Crippen molar-refractivity contribution in [1.29, 1.82) is 0 Å². The molecule has 0 atom stereocenters. The van der Waals surface area contributed by atoms with Gasteiger partial charge in [-0.15, -0.1) is 0 Å². The van der Waals surface area contributed by atoms with Gasteiger partial charge in [-0.2, -0.15) is 0 Å². The van der Waals surface area contributed by atoms with E-state index in [0.717, 1.165) is 80.8 Å². The van der Waals surface area contributed by atoms with Gasteiger partial charge in [0.2, 0.25) is 0 Å². The largest absolute Gasteiger partial charge is 0.457 e. The number of para-hydroxylation sites is 2. The van der Waals surface area contributed by atoms with Crippen molar-refractivity contribution in [2.24, 2.45) is 0 Å².